The number of hydrogen-bond donors (Lipinski definition) is 0. The average molecular weight is 281 g/mol. The second kappa shape index (κ2) is 7.11. The molecule has 1 aromatic heterocycles. The molecule has 0 saturated heterocycles. The van der Waals surface area contributed by atoms with Crippen LogP contribution in [0.15, 0.2) is 42.6 Å². The summed E-state index contributed by atoms with van der Waals surface area (Å²) in [6, 6.07) is 11.1. The summed E-state index contributed by atoms with van der Waals surface area (Å²) in [6.45, 7) is 0. The molecule has 4 nitrogen and oxygen atoms in total. The number of benzene rings is 1. The number of carbonyl (C=O) groups is 1. The summed E-state index contributed by atoms with van der Waals surface area (Å²) in [6.07, 6.45) is 7.24. The minimum Gasteiger partial charge on any atom is -0.497 e. The lowest BCUT2D eigenvalue weighted by Gasteiger charge is -2.09. The summed E-state index contributed by atoms with van der Waals surface area (Å²) >= 11 is 0. The van der Waals surface area contributed by atoms with Gasteiger partial charge in [-0.3, -0.25) is 4.79 Å². The predicted octanol–water partition coefficient (Wildman–Crippen LogP) is 3.08. The Morgan fingerprint density at radius 1 is 1.29 bits per heavy atom. The van der Waals surface area contributed by atoms with E-state index < -0.39 is 0 Å². The zero-order valence-electron chi connectivity index (χ0n) is 11.7. The fourth-order valence-corrected chi connectivity index (χ4v) is 1.80. The molecule has 2 aromatic rings. The van der Waals surface area contributed by atoms with E-state index in [1.165, 1.54) is 0 Å². The van der Waals surface area contributed by atoms with Crippen LogP contribution in [-0.4, -0.2) is 18.1 Å². The number of hydrogen-bond acceptors (Lipinski definition) is 4. The van der Waals surface area contributed by atoms with Crippen molar-refractivity contribution in [1.29, 1.82) is 0 Å². The Balaban J connectivity index is 2.23. The van der Waals surface area contributed by atoms with Gasteiger partial charge in [-0.2, -0.15) is 0 Å². The van der Waals surface area contributed by atoms with Crippen LogP contribution in [0.4, 0.5) is 0 Å². The Hall–Kier alpha value is -2.80. The SMILES string of the molecule is C#CCCC(=O)Oc1ncccc1-c1ccc(OC)cc1. The van der Waals surface area contributed by atoms with Crippen LogP contribution in [0.25, 0.3) is 11.1 Å². The number of carbonyl (C=O) groups excluding carboxylic acids is 1. The topological polar surface area (TPSA) is 48.4 Å². The number of methoxy groups -OCH3 is 1. The van der Waals surface area contributed by atoms with E-state index in [9.17, 15) is 4.79 Å². The maximum absolute atomic E-state index is 11.7. The standard InChI is InChI=1S/C17H15NO3/c1-3-4-7-16(19)21-17-15(6-5-12-18-17)13-8-10-14(20-2)11-9-13/h1,5-6,8-12H,4,7H2,2H3. The van der Waals surface area contributed by atoms with Gasteiger partial charge in [0.25, 0.3) is 0 Å². The number of esters is 1. The quantitative estimate of drug-likeness (QED) is 0.624. The van der Waals surface area contributed by atoms with Crippen LogP contribution < -0.4 is 9.47 Å². The third-order valence-corrected chi connectivity index (χ3v) is 2.86. The number of pyridine rings is 1. The molecule has 1 heterocycles. The summed E-state index contributed by atoms with van der Waals surface area (Å²) in [7, 11) is 1.61. The molecule has 0 unspecified atom stereocenters. The molecule has 0 spiro atoms. The molecule has 106 valence electrons. The van der Waals surface area contributed by atoms with Crippen LogP contribution in [0.5, 0.6) is 11.6 Å². The highest BCUT2D eigenvalue weighted by atomic mass is 16.5. The molecule has 0 aliphatic carbocycles. The summed E-state index contributed by atoms with van der Waals surface area (Å²) in [5.74, 6) is 3.06. The molecule has 0 aliphatic rings. The molecule has 2 rings (SSSR count). The van der Waals surface area contributed by atoms with Gasteiger partial charge in [0.1, 0.15) is 5.75 Å². The highest BCUT2D eigenvalue weighted by Crippen LogP contribution is 2.29. The van der Waals surface area contributed by atoms with E-state index in [0.29, 0.717) is 6.42 Å². The Labute approximate surface area is 123 Å². The molecule has 0 fully saturated rings. The van der Waals surface area contributed by atoms with Gasteiger partial charge in [0.15, 0.2) is 0 Å². The van der Waals surface area contributed by atoms with E-state index in [-0.39, 0.29) is 18.3 Å². The minimum atomic E-state index is -0.388. The van der Waals surface area contributed by atoms with Gasteiger partial charge >= 0.3 is 5.97 Å². The fourth-order valence-electron chi connectivity index (χ4n) is 1.80. The van der Waals surface area contributed by atoms with Crippen molar-refractivity contribution in [3.8, 4) is 35.1 Å². The molecule has 0 aliphatic heterocycles. The first-order chi connectivity index (χ1) is 10.2. The Morgan fingerprint density at radius 3 is 2.71 bits per heavy atom. The van der Waals surface area contributed by atoms with Crippen molar-refractivity contribution in [1.82, 2.24) is 4.98 Å². The van der Waals surface area contributed by atoms with Crippen molar-refractivity contribution >= 4 is 5.97 Å². The molecule has 0 amide bonds. The Kier molecular flexibility index (Phi) is 4.94. The maximum Gasteiger partial charge on any atom is 0.313 e. The molecule has 0 N–H and O–H groups in total. The Morgan fingerprint density at radius 2 is 2.05 bits per heavy atom. The number of nitrogens with zero attached hydrogens (tertiary/aromatic N) is 1. The van der Waals surface area contributed by atoms with E-state index in [0.717, 1.165) is 16.9 Å². The highest BCUT2D eigenvalue weighted by molar-refractivity contribution is 5.76. The second-order valence-corrected chi connectivity index (χ2v) is 4.26. The zero-order chi connectivity index (χ0) is 15.1. The normalized spacial score (nSPS) is 9.71. The molecule has 0 saturated carbocycles. The third kappa shape index (κ3) is 3.83. The molecule has 1 aromatic carbocycles. The summed E-state index contributed by atoms with van der Waals surface area (Å²) < 4.78 is 10.4. The average Bonchev–Trinajstić information content (AvgIpc) is 2.53. The van der Waals surface area contributed by atoms with Crippen molar-refractivity contribution in [2.75, 3.05) is 7.11 Å². The first-order valence-corrected chi connectivity index (χ1v) is 6.48. The van der Waals surface area contributed by atoms with E-state index in [4.69, 9.17) is 15.9 Å². The van der Waals surface area contributed by atoms with Crippen LogP contribution in [0.3, 0.4) is 0 Å². The van der Waals surface area contributed by atoms with Crippen molar-refractivity contribution in [3.63, 3.8) is 0 Å². The highest BCUT2D eigenvalue weighted by Gasteiger charge is 2.11. The van der Waals surface area contributed by atoms with Crippen molar-refractivity contribution < 1.29 is 14.3 Å². The lowest BCUT2D eigenvalue weighted by molar-refractivity contribution is -0.134. The predicted molar refractivity (Wildman–Crippen MR) is 79.9 cm³/mol. The molecular weight excluding hydrogens is 266 g/mol. The van der Waals surface area contributed by atoms with Gasteiger partial charge in [-0.1, -0.05) is 12.1 Å². The first-order valence-electron chi connectivity index (χ1n) is 6.48. The zero-order valence-corrected chi connectivity index (χ0v) is 11.7. The molecular formula is C17H15NO3. The molecule has 21 heavy (non-hydrogen) atoms. The van der Waals surface area contributed by atoms with Gasteiger partial charge in [-0.15, -0.1) is 12.3 Å². The number of ether oxygens (including phenoxy) is 2. The van der Waals surface area contributed by atoms with Gasteiger partial charge in [0.05, 0.1) is 13.5 Å². The van der Waals surface area contributed by atoms with Crippen LogP contribution in [0, 0.1) is 12.3 Å². The smallest absolute Gasteiger partial charge is 0.313 e. The van der Waals surface area contributed by atoms with E-state index in [2.05, 4.69) is 10.9 Å². The van der Waals surface area contributed by atoms with Gasteiger partial charge in [-0.25, -0.2) is 4.98 Å². The molecule has 0 bridgehead atoms. The van der Waals surface area contributed by atoms with Crippen LogP contribution in [0.2, 0.25) is 0 Å². The largest absolute Gasteiger partial charge is 0.497 e. The van der Waals surface area contributed by atoms with Crippen molar-refractivity contribution in [3.05, 3.63) is 42.6 Å². The number of rotatable bonds is 5. The maximum atomic E-state index is 11.7. The summed E-state index contributed by atoms with van der Waals surface area (Å²) in [5, 5.41) is 0. The monoisotopic (exact) mass is 281 g/mol. The second-order valence-electron chi connectivity index (χ2n) is 4.26. The van der Waals surface area contributed by atoms with Gasteiger partial charge < -0.3 is 9.47 Å². The van der Waals surface area contributed by atoms with Gasteiger partial charge in [0.2, 0.25) is 5.88 Å². The minimum absolute atomic E-state index is 0.176. The van der Waals surface area contributed by atoms with Crippen molar-refractivity contribution in [2.45, 2.75) is 12.8 Å². The van der Waals surface area contributed by atoms with Crippen LogP contribution in [0.1, 0.15) is 12.8 Å². The van der Waals surface area contributed by atoms with Gasteiger partial charge in [0, 0.05) is 18.2 Å². The summed E-state index contributed by atoms with van der Waals surface area (Å²) in [5.41, 5.74) is 1.64. The van der Waals surface area contributed by atoms with Crippen molar-refractivity contribution in [2.24, 2.45) is 0 Å². The Bertz CT molecular complexity index is 656. The van der Waals surface area contributed by atoms with E-state index >= 15 is 0 Å². The van der Waals surface area contributed by atoms with E-state index in [1.807, 2.05) is 30.3 Å². The fraction of sp³-hybridized carbons (Fsp3) is 0.176. The molecule has 4 heteroatoms. The lowest BCUT2D eigenvalue weighted by Crippen LogP contribution is -2.09. The number of aromatic nitrogens is 1. The summed E-state index contributed by atoms with van der Waals surface area (Å²) in [4.78, 5) is 15.8. The molecule has 0 atom stereocenters. The number of terminal acetylenes is 1. The lowest BCUT2D eigenvalue weighted by atomic mass is 10.1. The molecule has 0 radical (unpaired) electrons. The van der Waals surface area contributed by atoms with Gasteiger partial charge in [-0.05, 0) is 29.8 Å². The van der Waals surface area contributed by atoms with Crippen LogP contribution in [-0.2, 0) is 4.79 Å². The first kappa shape index (κ1) is 14.6. The van der Waals surface area contributed by atoms with Crippen LogP contribution >= 0.6 is 0 Å². The van der Waals surface area contributed by atoms with E-state index in [1.54, 1.807) is 19.4 Å². The third-order valence-electron chi connectivity index (χ3n) is 2.86.